The van der Waals surface area contributed by atoms with Gasteiger partial charge in [0.2, 0.25) is 0 Å². The highest BCUT2D eigenvalue weighted by Crippen LogP contribution is 2.30. The average Bonchev–Trinajstić information content (AvgIpc) is 2.74. The number of aryl methyl sites for hydroxylation is 1. The van der Waals surface area contributed by atoms with Gasteiger partial charge in [-0.15, -0.1) is 0 Å². The van der Waals surface area contributed by atoms with E-state index >= 15 is 0 Å². The molecule has 1 aromatic heterocycles. The Morgan fingerprint density at radius 1 is 1.09 bits per heavy atom. The van der Waals surface area contributed by atoms with Gasteiger partial charge in [0.1, 0.15) is 23.1 Å². The molecule has 0 bridgehead atoms. The first-order chi connectivity index (χ1) is 15.2. The number of phenols is 1. The van der Waals surface area contributed by atoms with Crippen LogP contribution in [0.3, 0.4) is 0 Å². The normalized spacial score (nSPS) is 12.4. The van der Waals surface area contributed by atoms with E-state index in [1.807, 2.05) is 0 Å². The maximum Gasteiger partial charge on any atom is 0.270 e. The van der Waals surface area contributed by atoms with Crippen molar-refractivity contribution in [3.63, 3.8) is 0 Å². The number of pyridine rings is 1. The van der Waals surface area contributed by atoms with Crippen molar-refractivity contribution < 1.29 is 23.8 Å². The van der Waals surface area contributed by atoms with E-state index in [0.717, 1.165) is 12.1 Å². The number of rotatable bonds is 5. The standard InChI is InChI=1S/C25H22F2N2O3/c1-15-12-17(5-3-4-16(2)30)13-22(28-15)25(32)29-24(18-6-8-19(26)9-7-18)21-14-20(27)10-11-23(21)31/h6-14,16,24,30-31H,4H2,1-2H3,(H,29,32). The van der Waals surface area contributed by atoms with Crippen LogP contribution in [0.5, 0.6) is 5.75 Å². The first kappa shape index (κ1) is 22.9. The van der Waals surface area contributed by atoms with Crippen LogP contribution >= 0.6 is 0 Å². The van der Waals surface area contributed by atoms with Gasteiger partial charge in [-0.25, -0.2) is 13.8 Å². The molecule has 0 fully saturated rings. The molecule has 0 spiro atoms. The number of hydrogen-bond acceptors (Lipinski definition) is 4. The number of halogens is 2. The molecule has 0 aliphatic rings. The molecule has 3 rings (SSSR count). The van der Waals surface area contributed by atoms with E-state index in [0.29, 0.717) is 16.8 Å². The lowest BCUT2D eigenvalue weighted by Crippen LogP contribution is -2.30. The van der Waals surface area contributed by atoms with Crippen molar-refractivity contribution in [2.75, 3.05) is 0 Å². The number of phenolic OH excluding ortho intramolecular Hbond substituents is 1. The lowest BCUT2D eigenvalue weighted by molar-refractivity contribution is 0.0937. The molecule has 3 N–H and O–H groups in total. The number of aliphatic hydroxyl groups is 1. The molecule has 32 heavy (non-hydrogen) atoms. The monoisotopic (exact) mass is 436 g/mol. The number of carbonyl (C=O) groups excluding carboxylic acids is 1. The van der Waals surface area contributed by atoms with Gasteiger partial charge in [0, 0.05) is 23.2 Å². The number of hydrogen-bond donors (Lipinski definition) is 3. The molecule has 2 aromatic carbocycles. The fourth-order valence-electron chi connectivity index (χ4n) is 3.12. The van der Waals surface area contributed by atoms with Crippen molar-refractivity contribution in [2.24, 2.45) is 0 Å². The van der Waals surface area contributed by atoms with Crippen LogP contribution in [0.1, 0.15) is 52.3 Å². The summed E-state index contributed by atoms with van der Waals surface area (Å²) in [5, 5.41) is 22.4. The molecule has 2 atom stereocenters. The highest BCUT2D eigenvalue weighted by molar-refractivity contribution is 5.93. The van der Waals surface area contributed by atoms with Crippen LogP contribution in [-0.4, -0.2) is 27.2 Å². The van der Waals surface area contributed by atoms with Crippen molar-refractivity contribution in [3.05, 3.63) is 94.3 Å². The van der Waals surface area contributed by atoms with E-state index in [4.69, 9.17) is 0 Å². The predicted molar refractivity (Wildman–Crippen MR) is 116 cm³/mol. The van der Waals surface area contributed by atoms with Gasteiger partial charge in [-0.05, 0) is 61.9 Å². The lowest BCUT2D eigenvalue weighted by atomic mass is 9.97. The van der Waals surface area contributed by atoms with Crippen molar-refractivity contribution in [2.45, 2.75) is 32.4 Å². The third-order valence-electron chi connectivity index (χ3n) is 4.60. The molecule has 5 nitrogen and oxygen atoms in total. The molecular formula is C25H22F2N2O3. The van der Waals surface area contributed by atoms with Crippen molar-refractivity contribution in [3.8, 4) is 17.6 Å². The number of aliphatic hydroxyl groups excluding tert-OH is 1. The minimum atomic E-state index is -0.953. The molecule has 0 aliphatic heterocycles. The van der Waals surface area contributed by atoms with Gasteiger partial charge in [-0.2, -0.15) is 0 Å². The first-order valence-corrected chi connectivity index (χ1v) is 9.93. The number of nitrogens with zero attached hydrogens (tertiary/aromatic N) is 1. The molecular weight excluding hydrogens is 414 g/mol. The van der Waals surface area contributed by atoms with E-state index in [1.165, 1.54) is 36.4 Å². The van der Waals surface area contributed by atoms with Crippen LogP contribution < -0.4 is 5.32 Å². The van der Waals surface area contributed by atoms with E-state index in [-0.39, 0.29) is 23.4 Å². The summed E-state index contributed by atoms with van der Waals surface area (Å²) in [5.74, 6) is 3.87. The molecule has 3 aromatic rings. The summed E-state index contributed by atoms with van der Waals surface area (Å²) in [7, 11) is 0. The zero-order valence-corrected chi connectivity index (χ0v) is 17.6. The molecule has 2 unspecified atom stereocenters. The quantitative estimate of drug-likeness (QED) is 0.528. The Hall–Kier alpha value is -3.76. The first-order valence-electron chi connectivity index (χ1n) is 9.93. The van der Waals surface area contributed by atoms with E-state index in [1.54, 1.807) is 19.9 Å². The largest absolute Gasteiger partial charge is 0.508 e. The second kappa shape index (κ2) is 10.0. The summed E-state index contributed by atoms with van der Waals surface area (Å²) in [6, 6.07) is 11.0. The lowest BCUT2D eigenvalue weighted by Gasteiger charge is -2.21. The van der Waals surface area contributed by atoms with Gasteiger partial charge >= 0.3 is 0 Å². The van der Waals surface area contributed by atoms with Crippen LogP contribution in [0.25, 0.3) is 0 Å². The highest BCUT2D eigenvalue weighted by atomic mass is 19.1. The Morgan fingerprint density at radius 2 is 1.78 bits per heavy atom. The Kier molecular flexibility index (Phi) is 7.18. The topological polar surface area (TPSA) is 82.5 Å². The molecule has 1 heterocycles. The SMILES string of the molecule is Cc1cc(C#CCC(C)O)cc(C(=O)NC(c2ccc(F)cc2)c2cc(F)ccc2O)n1. The summed E-state index contributed by atoms with van der Waals surface area (Å²) in [5.41, 5.74) is 1.76. The van der Waals surface area contributed by atoms with Gasteiger partial charge in [0.25, 0.3) is 5.91 Å². The van der Waals surface area contributed by atoms with Crippen LogP contribution in [-0.2, 0) is 0 Å². The number of benzene rings is 2. The summed E-state index contributed by atoms with van der Waals surface area (Å²) in [6.45, 7) is 3.34. The smallest absolute Gasteiger partial charge is 0.270 e. The van der Waals surface area contributed by atoms with Crippen molar-refractivity contribution in [1.29, 1.82) is 0 Å². The summed E-state index contributed by atoms with van der Waals surface area (Å²) < 4.78 is 27.3. The summed E-state index contributed by atoms with van der Waals surface area (Å²) >= 11 is 0. The molecule has 0 radical (unpaired) electrons. The van der Waals surface area contributed by atoms with Gasteiger partial charge in [0.15, 0.2) is 0 Å². The Labute approximate surface area is 184 Å². The van der Waals surface area contributed by atoms with Crippen LogP contribution in [0.2, 0.25) is 0 Å². The van der Waals surface area contributed by atoms with Crippen LogP contribution in [0.15, 0.2) is 54.6 Å². The van der Waals surface area contributed by atoms with Crippen molar-refractivity contribution in [1.82, 2.24) is 10.3 Å². The molecule has 1 amide bonds. The van der Waals surface area contributed by atoms with Gasteiger partial charge in [-0.1, -0.05) is 24.0 Å². The van der Waals surface area contributed by atoms with Crippen LogP contribution in [0, 0.1) is 30.4 Å². The fourth-order valence-corrected chi connectivity index (χ4v) is 3.12. The van der Waals surface area contributed by atoms with Crippen LogP contribution in [0.4, 0.5) is 8.78 Å². The molecule has 0 saturated carbocycles. The average molecular weight is 436 g/mol. The summed E-state index contributed by atoms with van der Waals surface area (Å²) in [6.07, 6.45) is -0.280. The van der Waals surface area contributed by atoms with E-state index in [2.05, 4.69) is 22.1 Å². The summed E-state index contributed by atoms with van der Waals surface area (Å²) in [4.78, 5) is 17.3. The third-order valence-corrected chi connectivity index (χ3v) is 4.60. The predicted octanol–water partition coefficient (Wildman–Crippen LogP) is 4.02. The minimum Gasteiger partial charge on any atom is -0.508 e. The van der Waals surface area contributed by atoms with E-state index in [9.17, 15) is 23.8 Å². The number of amides is 1. The number of aromatic nitrogens is 1. The maximum absolute atomic E-state index is 13.9. The minimum absolute atomic E-state index is 0.0781. The van der Waals surface area contributed by atoms with Gasteiger partial charge in [0.05, 0.1) is 12.1 Å². The zero-order valence-electron chi connectivity index (χ0n) is 17.6. The van der Waals surface area contributed by atoms with Crippen molar-refractivity contribution >= 4 is 5.91 Å². The number of nitrogens with one attached hydrogen (secondary N) is 1. The fraction of sp³-hybridized carbons (Fsp3) is 0.200. The molecule has 164 valence electrons. The molecule has 0 saturated heterocycles. The molecule has 0 aliphatic carbocycles. The number of aromatic hydroxyl groups is 1. The second-order valence-corrected chi connectivity index (χ2v) is 7.40. The Balaban J connectivity index is 1.97. The maximum atomic E-state index is 13.9. The second-order valence-electron chi connectivity index (χ2n) is 7.40. The van der Waals surface area contributed by atoms with Gasteiger partial charge < -0.3 is 15.5 Å². The highest BCUT2D eigenvalue weighted by Gasteiger charge is 2.22. The third kappa shape index (κ3) is 5.90. The number of carbonyl (C=O) groups is 1. The molecule has 7 heteroatoms. The van der Waals surface area contributed by atoms with E-state index < -0.39 is 29.7 Å². The Morgan fingerprint density at radius 3 is 2.47 bits per heavy atom. The van der Waals surface area contributed by atoms with Gasteiger partial charge in [-0.3, -0.25) is 4.79 Å². The Bertz CT molecular complexity index is 1180. The zero-order chi connectivity index (χ0) is 23.3.